The molecule has 194 valence electrons. The minimum atomic E-state index is -3.53. The van der Waals surface area contributed by atoms with E-state index in [1.807, 2.05) is 0 Å². The Hall–Kier alpha value is -1.45. The number of aromatic nitrogens is 2. The molecule has 9 heteroatoms. The summed E-state index contributed by atoms with van der Waals surface area (Å²) >= 11 is 0. The number of nitrogens with zero attached hydrogens (tertiary/aromatic N) is 3. The fraction of sp³-hybridized carbons (Fsp3) is 0.846. The molecule has 0 radical (unpaired) electrons. The van der Waals surface area contributed by atoms with E-state index in [1.165, 1.54) is 55.7 Å². The Morgan fingerprint density at radius 2 is 1.63 bits per heavy atom. The van der Waals surface area contributed by atoms with Crippen LogP contribution in [0.2, 0.25) is 0 Å². The molecule has 0 spiro atoms. The van der Waals surface area contributed by atoms with Crippen LogP contribution in [-0.4, -0.2) is 54.6 Å². The molecule has 1 heterocycles. The van der Waals surface area contributed by atoms with Crippen LogP contribution in [0.5, 0.6) is 0 Å². The molecule has 1 unspecified atom stereocenters. The molecule has 35 heavy (non-hydrogen) atoms. The molecule has 2 N–H and O–H groups in total. The van der Waals surface area contributed by atoms with Crippen LogP contribution >= 0.6 is 0 Å². The summed E-state index contributed by atoms with van der Waals surface area (Å²) in [5.74, 6) is 2.94. The lowest BCUT2D eigenvalue weighted by Crippen LogP contribution is -2.56. The molecule has 5 fully saturated rings. The summed E-state index contributed by atoms with van der Waals surface area (Å²) in [5, 5.41) is 8.45. The van der Waals surface area contributed by atoms with Crippen molar-refractivity contribution < 1.29 is 13.2 Å². The van der Waals surface area contributed by atoms with Crippen molar-refractivity contribution in [3.63, 3.8) is 0 Å². The molecule has 8 nitrogen and oxygen atoms in total. The third kappa shape index (κ3) is 4.46. The Labute approximate surface area is 209 Å². The van der Waals surface area contributed by atoms with Crippen LogP contribution in [0.4, 0.5) is 0 Å². The lowest BCUT2D eigenvalue weighted by molar-refractivity contribution is -0.0120. The molecule has 7 rings (SSSR count). The highest BCUT2D eigenvalue weighted by Crippen LogP contribution is 2.53. The molecular weight excluding hydrogens is 462 g/mol. The van der Waals surface area contributed by atoms with Crippen molar-refractivity contribution in [2.24, 2.45) is 23.7 Å². The maximum atomic E-state index is 13.8. The summed E-state index contributed by atoms with van der Waals surface area (Å²) in [5.41, 5.74) is 2.68. The first kappa shape index (κ1) is 23.9. The molecule has 1 atom stereocenters. The van der Waals surface area contributed by atoms with E-state index in [0.717, 1.165) is 48.8 Å². The summed E-state index contributed by atoms with van der Waals surface area (Å²) in [6, 6.07) is 0.416. The Morgan fingerprint density at radius 1 is 0.971 bits per heavy atom. The first-order valence-corrected chi connectivity index (χ1v) is 15.3. The van der Waals surface area contributed by atoms with Gasteiger partial charge in [-0.05, 0) is 87.9 Å². The number of hydrogen-bond donors (Lipinski definition) is 2. The fourth-order valence-electron chi connectivity index (χ4n) is 8.25. The topological polar surface area (TPSA) is 96.3 Å². The van der Waals surface area contributed by atoms with Gasteiger partial charge in [-0.2, -0.15) is 22.5 Å². The van der Waals surface area contributed by atoms with Crippen molar-refractivity contribution in [2.75, 3.05) is 14.1 Å². The van der Waals surface area contributed by atoms with Gasteiger partial charge in [0, 0.05) is 37.4 Å². The van der Waals surface area contributed by atoms with Gasteiger partial charge in [-0.1, -0.05) is 19.3 Å². The van der Waals surface area contributed by atoms with Gasteiger partial charge in [0.1, 0.15) is 0 Å². The van der Waals surface area contributed by atoms with Crippen molar-refractivity contribution in [3.8, 4) is 0 Å². The van der Waals surface area contributed by atoms with Crippen molar-refractivity contribution >= 4 is 16.1 Å². The second kappa shape index (κ2) is 9.14. The molecular formula is C26H41N5O3S. The van der Waals surface area contributed by atoms with E-state index in [2.05, 4.69) is 14.7 Å². The number of carbonyl (C=O) groups excluding carboxylic acids is 1. The highest BCUT2D eigenvalue weighted by molar-refractivity contribution is 7.87. The first-order chi connectivity index (χ1) is 16.8. The van der Waals surface area contributed by atoms with Crippen molar-refractivity contribution in [1.82, 2.24) is 24.1 Å². The molecule has 5 saturated carbocycles. The molecule has 1 aromatic heterocycles. The van der Waals surface area contributed by atoms with Gasteiger partial charge in [-0.15, -0.1) is 0 Å². The summed E-state index contributed by atoms with van der Waals surface area (Å²) in [4.78, 5) is 13.8. The summed E-state index contributed by atoms with van der Waals surface area (Å²) < 4.78 is 31.2. The SMILES string of the molecule is CN(C)S(=O)(=O)NC1CCc2c(c(C(=O)NC3C4CC5CC(C4)CC3C5)nn2C2CCCCC2)C1. The van der Waals surface area contributed by atoms with E-state index in [-0.39, 0.29) is 18.0 Å². The third-order valence-corrected chi connectivity index (χ3v) is 11.3. The van der Waals surface area contributed by atoms with Crippen LogP contribution in [0.25, 0.3) is 0 Å². The quantitative estimate of drug-likeness (QED) is 0.623. The van der Waals surface area contributed by atoms with E-state index in [9.17, 15) is 13.2 Å². The van der Waals surface area contributed by atoms with E-state index < -0.39 is 10.2 Å². The van der Waals surface area contributed by atoms with E-state index in [1.54, 1.807) is 14.1 Å². The van der Waals surface area contributed by atoms with Crippen molar-refractivity contribution in [3.05, 3.63) is 17.0 Å². The smallest absolute Gasteiger partial charge is 0.279 e. The average Bonchev–Trinajstić information content (AvgIpc) is 3.20. The van der Waals surface area contributed by atoms with Crippen LogP contribution in [0.3, 0.4) is 0 Å². The Bertz CT molecular complexity index is 1050. The lowest BCUT2D eigenvalue weighted by atomic mass is 9.54. The number of hydrogen-bond acceptors (Lipinski definition) is 4. The zero-order valence-corrected chi connectivity index (χ0v) is 22.0. The Morgan fingerprint density at radius 3 is 2.26 bits per heavy atom. The van der Waals surface area contributed by atoms with Crippen LogP contribution in [0.15, 0.2) is 0 Å². The van der Waals surface area contributed by atoms with E-state index in [0.29, 0.717) is 30.0 Å². The summed E-state index contributed by atoms with van der Waals surface area (Å²) in [6.07, 6.45) is 14.4. The Kier molecular flexibility index (Phi) is 6.24. The number of amides is 1. The van der Waals surface area contributed by atoms with Crippen LogP contribution in [0, 0.1) is 23.7 Å². The molecule has 0 aliphatic heterocycles. The zero-order chi connectivity index (χ0) is 24.3. The van der Waals surface area contributed by atoms with Crippen molar-refractivity contribution in [1.29, 1.82) is 0 Å². The minimum Gasteiger partial charge on any atom is -0.347 e. The predicted molar refractivity (Wildman–Crippen MR) is 134 cm³/mol. The number of rotatable bonds is 6. The maximum absolute atomic E-state index is 13.8. The monoisotopic (exact) mass is 503 g/mol. The number of nitrogens with one attached hydrogen (secondary N) is 2. The molecule has 6 aliphatic carbocycles. The molecule has 6 aliphatic rings. The number of fused-ring (bicyclic) bond motifs is 1. The van der Waals surface area contributed by atoms with Crippen LogP contribution in [-0.2, 0) is 23.1 Å². The molecule has 4 bridgehead atoms. The van der Waals surface area contributed by atoms with Crippen molar-refractivity contribution in [2.45, 2.75) is 102 Å². The van der Waals surface area contributed by atoms with Gasteiger partial charge < -0.3 is 5.32 Å². The highest BCUT2D eigenvalue weighted by atomic mass is 32.2. The normalized spacial score (nSPS) is 34.8. The zero-order valence-electron chi connectivity index (χ0n) is 21.2. The minimum absolute atomic E-state index is 0.0376. The third-order valence-electron chi connectivity index (χ3n) is 9.76. The molecule has 0 aromatic carbocycles. The van der Waals surface area contributed by atoms with Gasteiger partial charge in [0.05, 0.1) is 6.04 Å². The largest absolute Gasteiger partial charge is 0.347 e. The van der Waals surface area contributed by atoms with Gasteiger partial charge in [0.25, 0.3) is 16.1 Å². The van der Waals surface area contributed by atoms with Crippen LogP contribution in [0.1, 0.15) is 98.4 Å². The molecule has 1 amide bonds. The first-order valence-electron chi connectivity index (χ1n) is 13.9. The summed E-state index contributed by atoms with van der Waals surface area (Å²) in [7, 11) is -0.439. The van der Waals surface area contributed by atoms with Crippen LogP contribution < -0.4 is 10.0 Å². The fourth-order valence-corrected chi connectivity index (χ4v) is 9.08. The van der Waals surface area contributed by atoms with E-state index in [4.69, 9.17) is 5.10 Å². The average molecular weight is 504 g/mol. The van der Waals surface area contributed by atoms with Gasteiger partial charge in [0.2, 0.25) is 0 Å². The van der Waals surface area contributed by atoms with Gasteiger partial charge >= 0.3 is 0 Å². The van der Waals surface area contributed by atoms with Gasteiger partial charge in [0.15, 0.2) is 5.69 Å². The standard InChI is InChI=1S/C26H41N5O3S/c1-30(2)35(33,34)29-20-8-9-23-22(15-20)25(28-31(23)21-6-4-3-5-7-21)26(32)27-24-18-11-16-10-17(13-18)14-19(24)12-16/h16-21,24,29H,3-15H2,1-2H3,(H,27,32). The summed E-state index contributed by atoms with van der Waals surface area (Å²) in [6.45, 7) is 0. The second-order valence-electron chi connectivity index (χ2n) is 12.3. The number of carbonyl (C=O) groups is 1. The van der Waals surface area contributed by atoms with Gasteiger partial charge in [-0.25, -0.2) is 0 Å². The molecule has 1 aromatic rings. The molecule has 0 saturated heterocycles. The Balaban J connectivity index is 1.27. The lowest BCUT2D eigenvalue weighted by Gasteiger charge is -2.54. The maximum Gasteiger partial charge on any atom is 0.279 e. The highest BCUT2D eigenvalue weighted by Gasteiger charge is 2.49. The van der Waals surface area contributed by atoms with E-state index >= 15 is 0 Å². The van der Waals surface area contributed by atoms with Gasteiger partial charge in [-0.3, -0.25) is 9.48 Å². The second-order valence-corrected chi connectivity index (χ2v) is 14.2. The predicted octanol–water partition coefficient (Wildman–Crippen LogP) is 3.20.